The average Bonchev–Trinajstić information content (AvgIpc) is 3.06. The van der Waals surface area contributed by atoms with Crippen molar-refractivity contribution in [3.63, 3.8) is 0 Å². The van der Waals surface area contributed by atoms with Gasteiger partial charge < -0.3 is 9.72 Å². The Morgan fingerprint density at radius 2 is 2.17 bits per heavy atom. The predicted octanol–water partition coefficient (Wildman–Crippen LogP) is 4.36. The van der Waals surface area contributed by atoms with Crippen molar-refractivity contribution < 1.29 is 4.74 Å². The molecule has 0 saturated carbocycles. The van der Waals surface area contributed by atoms with Crippen LogP contribution in [0.1, 0.15) is 22.7 Å². The van der Waals surface area contributed by atoms with Crippen molar-refractivity contribution in [1.29, 1.82) is 0 Å². The zero-order chi connectivity index (χ0) is 16.0. The van der Waals surface area contributed by atoms with E-state index in [1.54, 1.807) is 29.5 Å². The first kappa shape index (κ1) is 15.0. The summed E-state index contributed by atoms with van der Waals surface area (Å²) < 4.78 is 5.64. The average molecular weight is 367 g/mol. The van der Waals surface area contributed by atoms with Gasteiger partial charge in [-0.2, -0.15) is 0 Å². The summed E-state index contributed by atoms with van der Waals surface area (Å²) in [5.74, 6) is 1.00. The van der Waals surface area contributed by atoms with Crippen LogP contribution in [0, 0.1) is 0 Å². The Labute approximate surface area is 146 Å². The summed E-state index contributed by atoms with van der Waals surface area (Å²) >= 11 is 13.5. The minimum atomic E-state index is -0.0878. The number of nitrogens with zero attached hydrogens (tertiary/aromatic N) is 1. The van der Waals surface area contributed by atoms with Crippen LogP contribution in [-0.4, -0.2) is 9.97 Å². The third-order valence-corrected chi connectivity index (χ3v) is 5.60. The summed E-state index contributed by atoms with van der Waals surface area (Å²) in [7, 11) is 0. The molecule has 2 aromatic heterocycles. The number of aryl methyl sites for hydroxylation is 2. The van der Waals surface area contributed by atoms with Crippen molar-refractivity contribution in [1.82, 2.24) is 9.97 Å². The van der Waals surface area contributed by atoms with E-state index in [0.717, 1.165) is 29.5 Å². The normalized spacial score (nSPS) is 13.5. The van der Waals surface area contributed by atoms with E-state index in [1.807, 2.05) is 0 Å². The van der Waals surface area contributed by atoms with Gasteiger partial charge in [-0.05, 0) is 43.0 Å². The molecule has 0 aliphatic heterocycles. The number of rotatable bonds is 3. The van der Waals surface area contributed by atoms with E-state index < -0.39 is 0 Å². The first-order valence-corrected chi connectivity index (χ1v) is 8.80. The summed E-state index contributed by atoms with van der Waals surface area (Å²) in [6, 6.07) is 5.01. The first-order chi connectivity index (χ1) is 11.1. The van der Waals surface area contributed by atoms with E-state index in [4.69, 9.17) is 27.9 Å². The molecule has 1 aliphatic rings. The topological polar surface area (TPSA) is 55.0 Å². The molecular formula is C16H12Cl2N2O2S. The second kappa shape index (κ2) is 5.82. The van der Waals surface area contributed by atoms with E-state index >= 15 is 0 Å². The molecule has 0 amide bonds. The van der Waals surface area contributed by atoms with Crippen molar-refractivity contribution in [2.75, 3.05) is 0 Å². The van der Waals surface area contributed by atoms with Crippen LogP contribution < -0.4 is 10.3 Å². The molecule has 1 aromatic carbocycles. The van der Waals surface area contributed by atoms with Crippen molar-refractivity contribution in [3.8, 4) is 5.75 Å². The third kappa shape index (κ3) is 2.73. The Hall–Kier alpha value is -1.56. The van der Waals surface area contributed by atoms with Crippen molar-refractivity contribution in [3.05, 3.63) is 54.9 Å². The molecule has 0 radical (unpaired) electrons. The van der Waals surface area contributed by atoms with E-state index in [-0.39, 0.29) is 12.2 Å². The fraction of sp³-hybridized carbons (Fsp3) is 0.250. The highest BCUT2D eigenvalue weighted by Gasteiger charge is 2.21. The molecule has 0 saturated heterocycles. The third-order valence-electron chi connectivity index (χ3n) is 3.88. The van der Waals surface area contributed by atoms with Crippen LogP contribution in [0.3, 0.4) is 0 Å². The van der Waals surface area contributed by atoms with Crippen LogP contribution >= 0.6 is 34.5 Å². The Bertz CT molecular complexity index is 965. The Kier molecular flexibility index (Phi) is 3.79. The molecule has 7 heteroatoms. The smallest absolute Gasteiger partial charge is 0.260 e. The number of thiophene rings is 1. The number of nitrogens with one attached hydrogen (secondary N) is 1. The summed E-state index contributed by atoms with van der Waals surface area (Å²) in [6.07, 6.45) is 3.13. The molecule has 4 rings (SSSR count). The monoisotopic (exact) mass is 366 g/mol. The Morgan fingerprint density at radius 1 is 1.30 bits per heavy atom. The zero-order valence-electron chi connectivity index (χ0n) is 12.0. The molecule has 23 heavy (non-hydrogen) atoms. The highest BCUT2D eigenvalue weighted by molar-refractivity contribution is 7.18. The molecule has 0 fully saturated rings. The Morgan fingerprint density at radius 3 is 3.00 bits per heavy atom. The minimum Gasteiger partial charge on any atom is -0.484 e. The molecule has 2 heterocycles. The summed E-state index contributed by atoms with van der Waals surface area (Å²) in [5.41, 5.74) is 1.09. The molecule has 0 spiro atoms. The van der Waals surface area contributed by atoms with Crippen LogP contribution in [0.25, 0.3) is 10.2 Å². The van der Waals surface area contributed by atoms with Gasteiger partial charge in [0.15, 0.2) is 0 Å². The number of benzene rings is 1. The molecule has 4 nitrogen and oxygen atoms in total. The van der Waals surface area contributed by atoms with Crippen molar-refractivity contribution in [2.24, 2.45) is 0 Å². The molecular weight excluding hydrogens is 355 g/mol. The molecule has 0 unspecified atom stereocenters. The van der Waals surface area contributed by atoms with E-state index in [2.05, 4.69) is 9.97 Å². The van der Waals surface area contributed by atoms with E-state index in [9.17, 15) is 4.79 Å². The number of fused-ring (bicyclic) bond motifs is 3. The number of ether oxygens (including phenoxy) is 1. The highest BCUT2D eigenvalue weighted by atomic mass is 35.5. The van der Waals surface area contributed by atoms with Gasteiger partial charge >= 0.3 is 0 Å². The summed E-state index contributed by atoms with van der Waals surface area (Å²) in [5, 5.41) is 1.72. The number of H-pyrrole nitrogens is 1. The van der Waals surface area contributed by atoms with Gasteiger partial charge in [-0.25, -0.2) is 4.98 Å². The van der Waals surface area contributed by atoms with Gasteiger partial charge in [0.1, 0.15) is 23.0 Å². The second-order valence-electron chi connectivity index (χ2n) is 5.41. The molecule has 1 aliphatic carbocycles. The second-order valence-corrected chi connectivity index (χ2v) is 7.34. The lowest BCUT2D eigenvalue weighted by molar-refractivity contribution is 0.296. The van der Waals surface area contributed by atoms with Crippen LogP contribution in [0.2, 0.25) is 10.0 Å². The predicted molar refractivity (Wildman–Crippen MR) is 93.1 cm³/mol. The maximum absolute atomic E-state index is 12.4. The number of aromatic nitrogens is 2. The first-order valence-electron chi connectivity index (χ1n) is 7.23. The lowest BCUT2D eigenvalue weighted by Gasteiger charge is -2.07. The Balaban J connectivity index is 1.64. The summed E-state index contributed by atoms with van der Waals surface area (Å²) in [6.45, 7) is 0.148. The number of hydrogen-bond donors (Lipinski definition) is 1. The molecule has 0 bridgehead atoms. The van der Waals surface area contributed by atoms with Gasteiger partial charge in [-0.15, -0.1) is 11.3 Å². The maximum Gasteiger partial charge on any atom is 0.260 e. The number of aromatic amines is 1. The fourth-order valence-corrected chi connectivity index (χ4v) is 4.60. The standard InChI is InChI=1S/C16H12Cl2N2O2S/c17-8-4-5-11(10(18)6-8)22-7-13-19-15(21)14-9-2-1-3-12(9)23-16(14)20-13/h4-6H,1-3,7H2,(H,19,20,21). The highest BCUT2D eigenvalue weighted by Crippen LogP contribution is 2.34. The fourth-order valence-electron chi connectivity index (χ4n) is 2.85. The zero-order valence-corrected chi connectivity index (χ0v) is 14.3. The molecule has 0 atom stereocenters. The number of halogens is 2. The van der Waals surface area contributed by atoms with Gasteiger partial charge in [0.2, 0.25) is 0 Å². The lowest BCUT2D eigenvalue weighted by Crippen LogP contribution is -2.13. The van der Waals surface area contributed by atoms with Gasteiger partial charge in [0.05, 0.1) is 10.4 Å². The van der Waals surface area contributed by atoms with Gasteiger partial charge in [0.25, 0.3) is 5.56 Å². The van der Waals surface area contributed by atoms with Crippen molar-refractivity contribution in [2.45, 2.75) is 25.9 Å². The summed E-state index contributed by atoms with van der Waals surface area (Å²) in [4.78, 5) is 21.8. The lowest BCUT2D eigenvalue weighted by atomic mass is 10.2. The quantitative estimate of drug-likeness (QED) is 0.748. The SMILES string of the molecule is O=c1[nH]c(COc2ccc(Cl)cc2Cl)nc2sc3c(c12)CCC3. The molecule has 1 N–H and O–H groups in total. The van der Waals surface area contributed by atoms with Gasteiger partial charge in [-0.1, -0.05) is 23.2 Å². The van der Waals surface area contributed by atoms with Crippen LogP contribution in [0.5, 0.6) is 5.75 Å². The van der Waals surface area contributed by atoms with Gasteiger partial charge in [0, 0.05) is 9.90 Å². The van der Waals surface area contributed by atoms with E-state index in [1.165, 1.54) is 10.4 Å². The van der Waals surface area contributed by atoms with Crippen LogP contribution in [0.15, 0.2) is 23.0 Å². The molecule has 118 valence electrons. The van der Waals surface area contributed by atoms with E-state index in [0.29, 0.717) is 21.6 Å². The molecule has 3 aromatic rings. The van der Waals surface area contributed by atoms with Gasteiger partial charge in [-0.3, -0.25) is 4.79 Å². The van der Waals surface area contributed by atoms with Crippen molar-refractivity contribution >= 4 is 44.8 Å². The van der Waals surface area contributed by atoms with Crippen LogP contribution in [0.4, 0.5) is 0 Å². The number of hydrogen-bond acceptors (Lipinski definition) is 4. The minimum absolute atomic E-state index is 0.0878. The largest absolute Gasteiger partial charge is 0.484 e. The van der Waals surface area contributed by atoms with Crippen LogP contribution in [-0.2, 0) is 19.4 Å². The maximum atomic E-state index is 12.4.